The van der Waals surface area contributed by atoms with Crippen LogP contribution in [0, 0.1) is 0 Å². The number of nitrogens with zero attached hydrogens (tertiary/aromatic N) is 1. The molecule has 4 heteroatoms. The maximum Gasteiger partial charge on any atom is 0.234 e. The molecule has 1 rings (SSSR count). The molecule has 1 aliphatic rings. The van der Waals surface area contributed by atoms with Gasteiger partial charge in [-0.2, -0.15) is 0 Å². The molecule has 1 aliphatic heterocycles. The van der Waals surface area contributed by atoms with Crippen molar-refractivity contribution in [2.24, 2.45) is 0 Å². The molecular weight excluding hydrogens is 252 g/mol. The molecule has 1 fully saturated rings. The first-order chi connectivity index (χ1) is 9.67. The summed E-state index contributed by atoms with van der Waals surface area (Å²) in [7, 11) is 0. The number of aliphatic hydroxyl groups excluding tert-OH is 1. The number of likely N-dealkylation sites (tertiary alicyclic amines) is 1. The van der Waals surface area contributed by atoms with Gasteiger partial charge in [-0.3, -0.25) is 9.69 Å². The largest absolute Gasteiger partial charge is 0.396 e. The minimum absolute atomic E-state index is 0.157. The lowest BCUT2D eigenvalue weighted by atomic mass is 10.1. The van der Waals surface area contributed by atoms with Gasteiger partial charge in [-0.1, -0.05) is 26.2 Å². The monoisotopic (exact) mass is 284 g/mol. The van der Waals surface area contributed by atoms with Gasteiger partial charge >= 0.3 is 0 Å². The first kappa shape index (κ1) is 17.4. The quantitative estimate of drug-likeness (QED) is 0.605. The fourth-order valence-corrected chi connectivity index (χ4v) is 3.03. The zero-order chi connectivity index (χ0) is 14.8. The highest BCUT2D eigenvalue weighted by Gasteiger charge is 2.25. The van der Waals surface area contributed by atoms with Crippen LogP contribution in [0.15, 0.2) is 0 Å². The average molecular weight is 284 g/mol. The molecule has 0 aromatic carbocycles. The van der Waals surface area contributed by atoms with Crippen molar-refractivity contribution in [1.82, 2.24) is 10.2 Å². The molecule has 2 N–H and O–H groups in total. The fourth-order valence-electron chi connectivity index (χ4n) is 3.03. The maximum atomic E-state index is 12.1. The molecule has 0 aromatic rings. The first-order valence-electron chi connectivity index (χ1n) is 8.31. The van der Waals surface area contributed by atoms with Crippen molar-refractivity contribution < 1.29 is 9.90 Å². The van der Waals surface area contributed by atoms with Crippen molar-refractivity contribution in [3.05, 3.63) is 0 Å². The molecule has 0 bridgehead atoms. The third-order valence-electron chi connectivity index (χ3n) is 4.19. The number of carbonyl (C=O) groups is 1. The molecule has 1 amide bonds. The smallest absolute Gasteiger partial charge is 0.234 e. The summed E-state index contributed by atoms with van der Waals surface area (Å²) < 4.78 is 0. The summed E-state index contributed by atoms with van der Waals surface area (Å²) in [5.41, 5.74) is 0. The SMILES string of the molecule is CCCCCC(C)NC(=O)CN1CCCC1CCCO. The minimum Gasteiger partial charge on any atom is -0.396 e. The van der Waals surface area contributed by atoms with Gasteiger partial charge in [0.05, 0.1) is 6.54 Å². The summed E-state index contributed by atoms with van der Waals surface area (Å²) in [5, 5.41) is 12.0. The second-order valence-electron chi connectivity index (χ2n) is 6.10. The molecular formula is C16H32N2O2. The molecule has 1 saturated heterocycles. The lowest BCUT2D eigenvalue weighted by Gasteiger charge is -2.24. The number of nitrogens with one attached hydrogen (secondary N) is 1. The summed E-state index contributed by atoms with van der Waals surface area (Å²) in [6.07, 6.45) is 8.94. The van der Waals surface area contributed by atoms with Gasteiger partial charge in [0.25, 0.3) is 0 Å². The average Bonchev–Trinajstić information content (AvgIpc) is 2.83. The van der Waals surface area contributed by atoms with Crippen molar-refractivity contribution >= 4 is 5.91 Å². The molecule has 2 atom stereocenters. The van der Waals surface area contributed by atoms with E-state index in [1.54, 1.807) is 0 Å². The zero-order valence-electron chi connectivity index (χ0n) is 13.2. The van der Waals surface area contributed by atoms with E-state index in [1.165, 1.54) is 32.1 Å². The van der Waals surface area contributed by atoms with E-state index >= 15 is 0 Å². The van der Waals surface area contributed by atoms with Crippen LogP contribution in [0.3, 0.4) is 0 Å². The molecule has 20 heavy (non-hydrogen) atoms. The fraction of sp³-hybridized carbons (Fsp3) is 0.938. The van der Waals surface area contributed by atoms with Crippen LogP contribution in [0.2, 0.25) is 0 Å². The number of hydrogen-bond donors (Lipinski definition) is 2. The lowest BCUT2D eigenvalue weighted by molar-refractivity contribution is -0.123. The third kappa shape index (κ3) is 6.71. The number of carbonyl (C=O) groups excluding carboxylic acids is 1. The molecule has 0 aromatic heterocycles. The molecule has 118 valence electrons. The number of hydrogen-bond acceptors (Lipinski definition) is 3. The van der Waals surface area contributed by atoms with Gasteiger partial charge in [-0.15, -0.1) is 0 Å². The molecule has 0 saturated carbocycles. The Morgan fingerprint density at radius 3 is 2.90 bits per heavy atom. The summed E-state index contributed by atoms with van der Waals surface area (Å²) >= 11 is 0. The number of rotatable bonds is 10. The van der Waals surface area contributed by atoms with Crippen molar-refractivity contribution in [3.8, 4) is 0 Å². The van der Waals surface area contributed by atoms with Crippen LogP contribution in [-0.4, -0.2) is 47.7 Å². The molecule has 0 spiro atoms. The Balaban J connectivity index is 2.23. The second-order valence-corrected chi connectivity index (χ2v) is 6.10. The molecule has 0 aliphatic carbocycles. The number of aliphatic hydroxyl groups is 1. The van der Waals surface area contributed by atoms with E-state index < -0.39 is 0 Å². The van der Waals surface area contributed by atoms with E-state index in [9.17, 15) is 4.79 Å². The van der Waals surface area contributed by atoms with Crippen LogP contribution >= 0.6 is 0 Å². The molecule has 1 heterocycles. The van der Waals surface area contributed by atoms with E-state index in [4.69, 9.17) is 5.11 Å². The van der Waals surface area contributed by atoms with E-state index in [0.717, 1.165) is 25.8 Å². The Labute approximate surface area is 123 Å². The Morgan fingerprint density at radius 1 is 1.40 bits per heavy atom. The standard InChI is InChI=1S/C16H32N2O2/c1-3-4-5-8-14(2)17-16(20)13-18-11-6-9-15(18)10-7-12-19/h14-15,19H,3-13H2,1-2H3,(H,17,20). The van der Waals surface area contributed by atoms with Crippen LogP contribution in [0.4, 0.5) is 0 Å². The van der Waals surface area contributed by atoms with Gasteiger partial charge in [0.15, 0.2) is 0 Å². The van der Waals surface area contributed by atoms with Crippen LogP contribution < -0.4 is 5.32 Å². The van der Waals surface area contributed by atoms with E-state index in [0.29, 0.717) is 12.6 Å². The van der Waals surface area contributed by atoms with Crippen LogP contribution in [0.25, 0.3) is 0 Å². The van der Waals surface area contributed by atoms with Gasteiger partial charge in [0.2, 0.25) is 5.91 Å². The second kappa shape index (κ2) is 10.2. The van der Waals surface area contributed by atoms with E-state index in [-0.39, 0.29) is 18.6 Å². The van der Waals surface area contributed by atoms with E-state index in [2.05, 4.69) is 24.1 Å². The van der Waals surface area contributed by atoms with Gasteiger partial charge < -0.3 is 10.4 Å². The Bertz CT molecular complexity index is 271. The lowest BCUT2D eigenvalue weighted by Crippen LogP contribution is -2.42. The Hall–Kier alpha value is -0.610. The van der Waals surface area contributed by atoms with Gasteiger partial charge in [0, 0.05) is 18.7 Å². The maximum absolute atomic E-state index is 12.1. The van der Waals surface area contributed by atoms with Gasteiger partial charge in [-0.05, 0) is 45.6 Å². The summed E-state index contributed by atoms with van der Waals surface area (Å²) in [6.45, 7) is 6.09. The summed E-state index contributed by atoms with van der Waals surface area (Å²) in [5.74, 6) is 0.157. The van der Waals surface area contributed by atoms with Gasteiger partial charge in [0.1, 0.15) is 0 Å². The normalized spacial score (nSPS) is 21.1. The zero-order valence-corrected chi connectivity index (χ0v) is 13.2. The number of unbranched alkanes of at least 4 members (excludes halogenated alkanes) is 2. The number of amides is 1. The van der Waals surface area contributed by atoms with E-state index in [1.807, 2.05) is 0 Å². The van der Waals surface area contributed by atoms with Crippen LogP contribution in [-0.2, 0) is 4.79 Å². The predicted molar refractivity (Wildman–Crippen MR) is 82.7 cm³/mol. The summed E-state index contributed by atoms with van der Waals surface area (Å²) in [6, 6.07) is 0.774. The highest BCUT2D eigenvalue weighted by Crippen LogP contribution is 2.20. The molecule has 2 unspecified atom stereocenters. The highest BCUT2D eigenvalue weighted by molar-refractivity contribution is 5.78. The Morgan fingerprint density at radius 2 is 2.20 bits per heavy atom. The van der Waals surface area contributed by atoms with Crippen LogP contribution in [0.5, 0.6) is 0 Å². The minimum atomic E-state index is 0.157. The van der Waals surface area contributed by atoms with Gasteiger partial charge in [-0.25, -0.2) is 0 Å². The Kier molecular flexibility index (Phi) is 8.86. The van der Waals surface area contributed by atoms with Crippen LogP contribution in [0.1, 0.15) is 65.2 Å². The van der Waals surface area contributed by atoms with Crippen molar-refractivity contribution in [2.45, 2.75) is 77.3 Å². The topological polar surface area (TPSA) is 52.6 Å². The first-order valence-corrected chi connectivity index (χ1v) is 8.31. The molecule has 0 radical (unpaired) electrons. The highest BCUT2D eigenvalue weighted by atomic mass is 16.3. The van der Waals surface area contributed by atoms with Crippen molar-refractivity contribution in [3.63, 3.8) is 0 Å². The van der Waals surface area contributed by atoms with Crippen molar-refractivity contribution in [1.29, 1.82) is 0 Å². The van der Waals surface area contributed by atoms with Crippen molar-refractivity contribution in [2.75, 3.05) is 19.7 Å². The third-order valence-corrected chi connectivity index (χ3v) is 4.19. The summed E-state index contributed by atoms with van der Waals surface area (Å²) in [4.78, 5) is 14.3. The molecule has 4 nitrogen and oxygen atoms in total. The predicted octanol–water partition coefficient (Wildman–Crippen LogP) is 2.31.